The maximum absolute atomic E-state index is 12.5. The number of halogens is 1. The van der Waals surface area contributed by atoms with Crippen LogP contribution >= 0.6 is 11.6 Å². The Morgan fingerprint density at radius 2 is 1.77 bits per heavy atom. The number of carbonyl (C=O) groups is 2. The van der Waals surface area contributed by atoms with Gasteiger partial charge in [-0.15, -0.1) is 0 Å². The SMILES string of the molecule is O=C(COC(=O)c1cc([N+](=O)[O-])ccc1Cl)Nc1ccc(S(=O)(=O)N2CCCC2)cc1. The number of sulfonamides is 1. The average molecular weight is 468 g/mol. The summed E-state index contributed by atoms with van der Waals surface area (Å²) in [5.74, 6) is -1.67. The fourth-order valence-electron chi connectivity index (χ4n) is 2.98. The summed E-state index contributed by atoms with van der Waals surface area (Å²) in [6.07, 6.45) is 1.65. The van der Waals surface area contributed by atoms with Crippen LogP contribution in [0.2, 0.25) is 5.02 Å². The van der Waals surface area contributed by atoms with E-state index in [9.17, 15) is 28.1 Å². The van der Waals surface area contributed by atoms with Gasteiger partial charge in [-0.3, -0.25) is 14.9 Å². The number of non-ortho nitro benzene ring substituents is 1. The molecule has 2 aromatic rings. The molecule has 164 valence electrons. The second kappa shape index (κ2) is 9.41. The van der Waals surface area contributed by atoms with Crippen LogP contribution < -0.4 is 5.32 Å². The molecule has 0 unspecified atom stereocenters. The van der Waals surface area contributed by atoms with Crippen LogP contribution in [-0.4, -0.2) is 49.2 Å². The van der Waals surface area contributed by atoms with Crippen molar-refractivity contribution >= 4 is 44.9 Å². The number of ether oxygens (including phenoxy) is 1. The molecule has 1 fully saturated rings. The number of rotatable bonds is 7. The molecule has 0 aliphatic carbocycles. The molecule has 0 atom stereocenters. The van der Waals surface area contributed by atoms with E-state index in [2.05, 4.69) is 5.32 Å². The van der Waals surface area contributed by atoms with E-state index < -0.39 is 33.4 Å². The minimum atomic E-state index is -3.56. The highest BCUT2D eigenvalue weighted by Crippen LogP contribution is 2.24. The number of hydrogen-bond donors (Lipinski definition) is 1. The Hall–Kier alpha value is -3.02. The van der Waals surface area contributed by atoms with Gasteiger partial charge in [-0.05, 0) is 43.2 Å². The van der Waals surface area contributed by atoms with Gasteiger partial charge in [0.25, 0.3) is 11.6 Å². The summed E-state index contributed by atoms with van der Waals surface area (Å²) in [6, 6.07) is 8.92. The number of nitro benzene ring substituents is 1. The zero-order valence-corrected chi connectivity index (χ0v) is 17.7. The third-order valence-corrected chi connectivity index (χ3v) is 6.80. The molecule has 0 bridgehead atoms. The standard InChI is InChI=1S/C19H18ClN3O7S/c20-17-8-5-14(23(26)27)11-16(17)19(25)30-12-18(24)21-13-3-6-15(7-4-13)31(28,29)22-9-1-2-10-22/h3-8,11H,1-2,9-10,12H2,(H,21,24). The van der Waals surface area contributed by atoms with Gasteiger partial charge >= 0.3 is 5.97 Å². The molecular weight excluding hydrogens is 450 g/mol. The molecule has 0 radical (unpaired) electrons. The van der Waals surface area contributed by atoms with E-state index in [1.165, 1.54) is 34.6 Å². The fourth-order valence-corrected chi connectivity index (χ4v) is 4.69. The Morgan fingerprint density at radius 3 is 2.39 bits per heavy atom. The highest BCUT2D eigenvalue weighted by molar-refractivity contribution is 7.89. The Bertz CT molecular complexity index is 1110. The van der Waals surface area contributed by atoms with Crippen LogP contribution in [0.4, 0.5) is 11.4 Å². The first-order chi connectivity index (χ1) is 14.7. The second-order valence-electron chi connectivity index (χ2n) is 6.68. The normalized spacial score (nSPS) is 14.2. The number of nitrogens with one attached hydrogen (secondary N) is 1. The van der Waals surface area contributed by atoms with Gasteiger partial charge in [-0.25, -0.2) is 13.2 Å². The molecule has 1 N–H and O–H groups in total. The summed E-state index contributed by atoms with van der Waals surface area (Å²) in [7, 11) is -3.56. The Morgan fingerprint density at radius 1 is 1.13 bits per heavy atom. The van der Waals surface area contributed by atoms with Crippen molar-refractivity contribution in [3.05, 3.63) is 63.2 Å². The molecule has 1 amide bonds. The van der Waals surface area contributed by atoms with Crippen molar-refractivity contribution in [1.82, 2.24) is 4.31 Å². The third kappa shape index (κ3) is 5.37. The van der Waals surface area contributed by atoms with Gasteiger partial charge in [0.1, 0.15) is 0 Å². The number of amides is 1. The molecule has 12 heteroatoms. The number of carbonyl (C=O) groups excluding carboxylic acids is 2. The lowest BCUT2D eigenvalue weighted by Gasteiger charge is -2.15. The maximum atomic E-state index is 12.5. The van der Waals surface area contributed by atoms with Gasteiger partial charge < -0.3 is 10.1 Å². The summed E-state index contributed by atoms with van der Waals surface area (Å²) in [6.45, 7) is 0.313. The van der Waals surface area contributed by atoms with Gasteiger partial charge in [0.15, 0.2) is 6.61 Å². The van der Waals surface area contributed by atoms with E-state index in [0.717, 1.165) is 25.0 Å². The number of hydrogen-bond acceptors (Lipinski definition) is 7. The van der Waals surface area contributed by atoms with Crippen molar-refractivity contribution in [3.63, 3.8) is 0 Å². The maximum Gasteiger partial charge on any atom is 0.340 e. The topological polar surface area (TPSA) is 136 Å². The van der Waals surface area contributed by atoms with Crippen LogP contribution in [0.25, 0.3) is 0 Å². The number of nitro groups is 1. The zero-order chi connectivity index (χ0) is 22.6. The van der Waals surface area contributed by atoms with Crippen LogP contribution in [0.15, 0.2) is 47.4 Å². The summed E-state index contributed by atoms with van der Waals surface area (Å²) < 4.78 is 31.3. The number of anilines is 1. The highest BCUT2D eigenvalue weighted by Gasteiger charge is 2.27. The van der Waals surface area contributed by atoms with Gasteiger partial charge in [0.05, 0.1) is 20.4 Å². The molecule has 2 aromatic carbocycles. The average Bonchev–Trinajstić information content (AvgIpc) is 3.28. The van der Waals surface area contributed by atoms with E-state index in [-0.39, 0.29) is 21.2 Å². The molecule has 1 heterocycles. The second-order valence-corrected chi connectivity index (χ2v) is 9.03. The van der Waals surface area contributed by atoms with Crippen molar-refractivity contribution < 1.29 is 27.7 Å². The summed E-state index contributed by atoms with van der Waals surface area (Å²) in [5, 5.41) is 13.2. The number of esters is 1. The van der Waals surface area contributed by atoms with E-state index >= 15 is 0 Å². The van der Waals surface area contributed by atoms with E-state index in [1.54, 1.807) is 0 Å². The Balaban J connectivity index is 1.58. The van der Waals surface area contributed by atoms with Gasteiger partial charge in [0.2, 0.25) is 10.0 Å². The fraction of sp³-hybridized carbons (Fsp3) is 0.263. The smallest absolute Gasteiger partial charge is 0.340 e. The first-order valence-electron chi connectivity index (χ1n) is 9.19. The minimum absolute atomic E-state index is 0.0502. The highest BCUT2D eigenvalue weighted by atomic mass is 35.5. The molecule has 1 aliphatic heterocycles. The van der Waals surface area contributed by atoms with Gasteiger partial charge in [0, 0.05) is 30.9 Å². The number of benzene rings is 2. The van der Waals surface area contributed by atoms with E-state index in [4.69, 9.17) is 16.3 Å². The lowest BCUT2D eigenvalue weighted by molar-refractivity contribution is -0.384. The Labute approximate surface area is 183 Å². The predicted octanol–water partition coefficient (Wildman–Crippen LogP) is 2.83. The molecule has 0 saturated carbocycles. The van der Waals surface area contributed by atoms with E-state index in [1.807, 2.05) is 0 Å². The van der Waals surface area contributed by atoms with Crippen molar-refractivity contribution in [2.75, 3.05) is 25.0 Å². The quantitative estimate of drug-likeness (QED) is 0.375. The molecular formula is C19H18ClN3O7S. The van der Waals surface area contributed by atoms with Crippen molar-refractivity contribution in [1.29, 1.82) is 0 Å². The zero-order valence-electron chi connectivity index (χ0n) is 16.1. The summed E-state index contributed by atoms with van der Waals surface area (Å²) in [5.41, 5.74) is -0.264. The monoisotopic (exact) mass is 467 g/mol. The minimum Gasteiger partial charge on any atom is -0.452 e. The molecule has 3 rings (SSSR count). The van der Waals surface area contributed by atoms with E-state index in [0.29, 0.717) is 18.8 Å². The molecule has 1 saturated heterocycles. The molecule has 10 nitrogen and oxygen atoms in total. The largest absolute Gasteiger partial charge is 0.452 e. The van der Waals surface area contributed by atoms with Gasteiger partial charge in [-0.2, -0.15) is 4.31 Å². The Kier molecular flexibility index (Phi) is 6.88. The summed E-state index contributed by atoms with van der Waals surface area (Å²) in [4.78, 5) is 34.4. The van der Waals surface area contributed by atoms with Crippen LogP contribution in [0.3, 0.4) is 0 Å². The lowest BCUT2D eigenvalue weighted by Crippen LogP contribution is -2.27. The first kappa shape index (κ1) is 22.7. The predicted molar refractivity (Wildman–Crippen MR) is 111 cm³/mol. The molecule has 0 spiro atoms. The number of nitrogens with zero attached hydrogens (tertiary/aromatic N) is 2. The third-order valence-electron chi connectivity index (χ3n) is 4.56. The lowest BCUT2D eigenvalue weighted by atomic mass is 10.2. The van der Waals surface area contributed by atoms with Crippen LogP contribution in [0.5, 0.6) is 0 Å². The first-order valence-corrected chi connectivity index (χ1v) is 11.0. The molecule has 1 aliphatic rings. The van der Waals surface area contributed by atoms with Crippen molar-refractivity contribution in [2.45, 2.75) is 17.7 Å². The van der Waals surface area contributed by atoms with Gasteiger partial charge in [-0.1, -0.05) is 11.6 Å². The van der Waals surface area contributed by atoms with Crippen molar-refractivity contribution in [2.24, 2.45) is 0 Å². The van der Waals surface area contributed by atoms with Crippen LogP contribution in [-0.2, 0) is 19.6 Å². The van der Waals surface area contributed by atoms with Crippen LogP contribution in [0, 0.1) is 10.1 Å². The van der Waals surface area contributed by atoms with Crippen molar-refractivity contribution in [3.8, 4) is 0 Å². The van der Waals surface area contributed by atoms with Crippen LogP contribution in [0.1, 0.15) is 23.2 Å². The summed E-state index contributed by atoms with van der Waals surface area (Å²) >= 11 is 5.86. The molecule has 0 aromatic heterocycles. The molecule has 31 heavy (non-hydrogen) atoms.